The zero-order valence-electron chi connectivity index (χ0n) is 35.9. The summed E-state index contributed by atoms with van der Waals surface area (Å²) in [6, 6.07) is 27.8. The van der Waals surface area contributed by atoms with Gasteiger partial charge in [-0.05, 0) is 113 Å². The van der Waals surface area contributed by atoms with Gasteiger partial charge in [-0.25, -0.2) is 16.8 Å². The average molecular weight is 846 g/mol. The van der Waals surface area contributed by atoms with Crippen LogP contribution in [0, 0.1) is 41.5 Å². The summed E-state index contributed by atoms with van der Waals surface area (Å²) in [6.07, 6.45) is 3.42. The summed E-state index contributed by atoms with van der Waals surface area (Å²) in [5.41, 5.74) is 6.91. The van der Waals surface area contributed by atoms with Crippen molar-refractivity contribution < 1.29 is 31.2 Å². The molecule has 0 atom stereocenters. The number of aryl methyl sites for hydroxylation is 6. The Balaban J connectivity index is 1.54. The van der Waals surface area contributed by atoms with E-state index in [0.29, 0.717) is 72.2 Å². The van der Waals surface area contributed by atoms with E-state index in [-0.39, 0.29) is 61.7 Å². The van der Waals surface area contributed by atoms with Crippen LogP contribution in [0.4, 0.5) is 0 Å². The fourth-order valence-corrected chi connectivity index (χ4v) is 11.9. The number of rotatable bonds is 23. The number of hydrogen-bond donors (Lipinski definition) is 1. The number of carbonyl (C=O) groups excluding carboxylic acids is 2. The first-order valence-corrected chi connectivity index (χ1v) is 23.5. The number of sulfonamides is 2. The van der Waals surface area contributed by atoms with Crippen molar-refractivity contribution in [3.8, 4) is 0 Å². The topological polar surface area (TPSA) is 130 Å². The van der Waals surface area contributed by atoms with Crippen LogP contribution < -0.4 is 5.32 Å². The second-order valence-corrected chi connectivity index (χ2v) is 19.4. The van der Waals surface area contributed by atoms with Crippen molar-refractivity contribution in [2.24, 2.45) is 0 Å². The highest BCUT2D eigenvalue weighted by Crippen LogP contribution is 2.32. The summed E-state index contributed by atoms with van der Waals surface area (Å²) < 4.78 is 65.8. The van der Waals surface area contributed by atoms with Gasteiger partial charge in [0.25, 0.3) is 0 Å². The van der Waals surface area contributed by atoms with Crippen LogP contribution in [0.1, 0.15) is 102 Å². The Morgan fingerprint density at radius 1 is 0.576 bits per heavy atom. The van der Waals surface area contributed by atoms with Gasteiger partial charge in [0.05, 0.1) is 16.9 Å². The number of methoxy groups -OCH3 is 1. The summed E-state index contributed by atoms with van der Waals surface area (Å²) >= 11 is 0. The summed E-state index contributed by atoms with van der Waals surface area (Å²) in [6.45, 7) is 12.3. The predicted molar refractivity (Wildman–Crippen MR) is 236 cm³/mol. The number of carbonyl (C=O) groups is 2. The predicted octanol–water partition coefficient (Wildman–Crippen LogP) is 8.46. The molecule has 0 spiro atoms. The van der Waals surface area contributed by atoms with E-state index in [0.717, 1.165) is 22.3 Å². The van der Waals surface area contributed by atoms with E-state index in [4.69, 9.17) is 0 Å². The maximum Gasteiger partial charge on any atom is 0.305 e. The van der Waals surface area contributed by atoms with Crippen molar-refractivity contribution in [1.82, 2.24) is 13.9 Å². The van der Waals surface area contributed by atoms with Crippen molar-refractivity contribution in [3.63, 3.8) is 0 Å². The number of ether oxygens (including phenoxy) is 1. The SMILES string of the molecule is COC(=O)CCCCC(=O)NCCCN(CCCCN(CCC(c1ccccc1)c1ccccc1)S(=O)(=O)c1c(C)cc(C)cc1C)S(=O)(=O)c1c(C)cc(C)cc1C. The van der Waals surface area contributed by atoms with Gasteiger partial charge in [0.15, 0.2) is 0 Å². The van der Waals surface area contributed by atoms with Gasteiger partial charge < -0.3 is 10.1 Å². The van der Waals surface area contributed by atoms with Crippen molar-refractivity contribution in [2.45, 2.75) is 109 Å². The number of benzene rings is 4. The Hall–Kier alpha value is -4.36. The standard InChI is InChI=1S/C47H63N3O7S2/c1-35-31-37(3)46(38(4)32-35)58(53,54)49(29-18-26-48-44(51)23-14-15-24-45(52)57-7)27-16-17-28-50(59(55,56)47-39(5)33-36(2)34-40(47)6)30-25-43(41-19-10-8-11-20-41)42-21-12-9-13-22-42/h8-13,19-22,31-34,43H,14-18,23-30H2,1-7H3,(H,48,51). The zero-order chi connectivity index (χ0) is 43.2. The number of hydrogen-bond acceptors (Lipinski definition) is 7. The van der Waals surface area contributed by atoms with Gasteiger partial charge in [0.2, 0.25) is 26.0 Å². The lowest BCUT2D eigenvalue weighted by atomic mass is 9.88. The quantitative estimate of drug-likeness (QED) is 0.0586. The normalized spacial score (nSPS) is 12.0. The lowest BCUT2D eigenvalue weighted by Crippen LogP contribution is -2.37. The van der Waals surface area contributed by atoms with Crippen LogP contribution in [0.5, 0.6) is 0 Å². The third-order valence-corrected chi connectivity index (χ3v) is 15.1. The van der Waals surface area contributed by atoms with Crippen molar-refractivity contribution in [3.05, 3.63) is 129 Å². The molecule has 0 radical (unpaired) electrons. The van der Waals surface area contributed by atoms with Gasteiger partial charge in [-0.1, -0.05) is 96.1 Å². The third-order valence-electron chi connectivity index (χ3n) is 10.7. The molecule has 0 bridgehead atoms. The Morgan fingerprint density at radius 2 is 0.983 bits per heavy atom. The van der Waals surface area contributed by atoms with E-state index in [2.05, 4.69) is 34.3 Å². The lowest BCUT2D eigenvalue weighted by Gasteiger charge is -2.28. The van der Waals surface area contributed by atoms with Gasteiger partial charge in [-0.15, -0.1) is 0 Å². The van der Waals surface area contributed by atoms with E-state index >= 15 is 0 Å². The van der Waals surface area contributed by atoms with Crippen LogP contribution in [0.2, 0.25) is 0 Å². The molecule has 1 amide bonds. The summed E-state index contributed by atoms with van der Waals surface area (Å²) in [5.74, 6) is -0.495. The molecule has 0 aliphatic heterocycles. The van der Waals surface area contributed by atoms with Crippen LogP contribution in [0.15, 0.2) is 94.7 Å². The Bertz CT molecular complexity index is 2140. The Labute approximate surface area is 353 Å². The molecule has 0 aromatic heterocycles. The summed E-state index contributed by atoms with van der Waals surface area (Å²) in [7, 11) is -6.53. The van der Waals surface area contributed by atoms with Gasteiger partial charge in [-0.3, -0.25) is 9.59 Å². The maximum atomic E-state index is 14.7. The molecule has 0 aliphatic carbocycles. The van der Waals surface area contributed by atoms with Gasteiger partial charge >= 0.3 is 5.97 Å². The van der Waals surface area contributed by atoms with Gasteiger partial charge in [-0.2, -0.15) is 8.61 Å². The van der Waals surface area contributed by atoms with Crippen molar-refractivity contribution in [1.29, 1.82) is 0 Å². The van der Waals surface area contributed by atoms with Crippen LogP contribution >= 0.6 is 0 Å². The third kappa shape index (κ3) is 13.3. The number of nitrogens with zero attached hydrogens (tertiary/aromatic N) is 2. The molecule has 0 saturated heterocycles. The molecule has 12 heteroatoms. The molecule has 0 saturated carbocycles. The molecule has 4 rings (SSSR count). The largest absolute Gasteiger partial charge is 0.469 e. The first kappa shape index (κ1) is 47.3. The van der Waals surface area contributed by atoms with E-state index in [1.54, 1.807) is 18.2 Å². The van der Waals surface area contributed by atoms with E-state index in [9.17, 15) is 26.4 Å². The maximum absolute atomic E-state index is 14.7. The van der Waals surface area contributed by atoms with Crippen LogP contribution in [-0.4, -0.2) is 77.2 Å². The minimum Gasteiger partial charge on any atom is -0.469 e. The smallest absolute Gasteiger partial charge is 0.305 e. The molecule has 0 aliphatic rings. The Morgan fingerprint density at radius 3 is 1.42 bits per heavy atom. The van der Waals surface area contributed by atoms with E-state index < -0.39 is 20.0 Å². The molecule has 320 valence electrons. The average Bonchev–Trinajstić information content (AvgIpc) is 3.17. The second kappa shape index (κ2) is 22.3. The monoisotopic (exact) mass is 845 g/mol. The molecule has 0 unspecified atom stereocenters. The van der Waals surface area contributed by atoms with Crippen molar-refractivity contribution >= 4 is 31.9 Å². The van der Waals surface area contributed by atoms with Crippen LogP contribution in [-0.2, 0) is 34.4 Å². The minimum atomic E-state index is -3.93. The van der Waals surface area contributed by atoms with Crippen molar-refractivity contribution in [2.75, 3.05) is 39.8 Å². The zero-order valence-corrected chi connectivity index (χ0v) is 37.6. The molecule has 4 aromatic carbocycles. The molecular formula is C47H63N3O7S2. The molecule has 4 aromatic rings. The lowest BCUT2D eigenvalue weighted by molar-refractivity contribution is -0.140. The Kier molecular flexibility index (Phi) is 17.9. The summed E-state index contributed by atoms with van der Waals surface area (Å²) in [4.78, 5) is 24.5. The molecule has 1 N–H and O–H groups in total. The van der Waals surface area contributed by atoms with E-state index in [1.165, 1.54) is 11.4 Å². The second-order valence-electron chi connectivity index (χ2n) is 15.6. The molecular weight excluding hydrogens is 783 g/mol. The molecule has 0 heterocycles. The van der Waals surface area contributed by atoms with Gasteiger partial charge in [0, 0.05) is 51.5 Å². The minimum absolute atomic E-state index is 0.0303. The number of amides is 1. The fourth-order valence-electron chi connectivity index (χ4n) is 8.08. The number of esters is 1. The highest BCUT2D eigenvalue weighted by Gasteiger charge is 2.31. The molecule has 59 heavy (non-hydrogen) atoms. The number of unbranched alkanes of at least 4 members (excludes halogenated alkanes) is 2. The first-order chi connectivity index (χ1) is 28.1. The van der Waals surface area contributed by atoms with E-state index in [1.807, 2.05) is 88.4 Å². The number of nitrogens with one attached hydrogen (secondary N) is 1. The highest BCUT2D eigenvalue weighted by atomic mass is 32.2. The molecule has 0 fully saturated rings. The van der Waals surface area contributed by atoms with Gasteiger partial charge in [0.1, 0.15) is 0 Å². The highest BCUT2D eigenvalue weighted by molar-refractivity contribution is 7.89. The van der Waals surface area contributed by atoms with Crippen LogP contribution in [0.25, 0.3) is 0 Å². The van der Waals surface area contributed by atoms with Crippen LogP contribution in [0.3, 0.4) is 0 Å². The fraction of sp³-hybridized carbons (Fsp3) is 0.447. The molecule has 10 nitrogen and oxygen atoms in total. The first-order valence-electron chi connectivity index (χ1n) is 20.7. The summed E-state index contributed by atoms with van der Waals surface area (Å²) in [5, 5.41) is 2.89.